The van der Waals surface area contributed by atoms with Gasteiger partial charge in [-0.05, 0) is 13.5 Å². The molecule has 7 heteroatoms. The number of carbonyl (C=O) groups is 2. The Balaban J connectivity index is 1.76. The first-order chi connectivity index (χ1) is 11.0. The summed E-state index contributed by atoms with van der Waals surface area (Å²) < 4.78 is 10.9. The zero-order valence-corrected chi connectivity index (χ0v) is 14.5. The van der Waals surface area contributed by atoms with Crippen LogP contribution in [0.5, 0.6) is 0 Å². The average molecular weight is 327 g/mol. The van der Waals surface area contributed by atoms with Gasteiger partial charge in [0.15, 0.2) is 0 Å². The predicted molar refractivity (Wildman–Crippen MR) is 86.1 cm³/mol. The molecular weight excluding hydrogens is 298 g/mol. The van der Waals surface area contributed by atoms with Crippen molar-refractivity contribution in [3.05, 3.63) is 0 Å². The highest BCUT2D eigenvalue weighted by Crippen LogP contribution is 2.31. The van der Waals surface area contributed by atoms with E-state index in [0.29, 0.717) is 45.8 Å². The number of hydrogen-bond acceptors (Lipinski definition) is 5. The fourth-order valence-corrected chi connectivity index (χ4v) is 3.17. The van der Waals surface area contributed by atoms with E-state index in [1.807, 2.05) is 16.8 Å². The third kappa shape index (κ3) is 4.43. The Kier molecular flexibility index (Phi) is 6.38. The number of nitrogens with one attached hydrogen (secondary N) is 1. The lowest BCUT2D eigenvalue weighted by molar-refractivity contribution is -0.201. The van der Waals surface area contributed by atoms with E-state index in [4.69, 9.17) is 9.47 Å². The Morgan fingerprint density at radius 3 is 2.70 bits per heavy atom. The molecule has 0 aromatic carbocycles. The van der Waals surface area contributed by atoms with E-state index in [2.05, 4.69) is 12.2 Å². The fourth-order valence-electron chi connectivity index (χ4n) is 3.17. The van der Waals surface area contributed by atoms with Crippen LogP contribution in [0.25, 0.3) is 0 Å². The van der Waals surface area contributed by atoms with E-state index in [1.54, 1.807) is 7.11 Å². The number of rotatable bonds is 7. The van der Waals surface area contributed by atoms with Crippen LogP contribution in [0.2, 0.25) is 0 Å². The molecule has 23 heavy (non-hydrogen) atoms. The molecule has 0 aromatic rings. The molecule has 7 nitrogen and oxygen atoms in total. The van der Waals surface area contributed by atoms with E-state index in [1.165, 1.54) is 0 Å². The molecule has 0 bridgehead atoms. The largest absolute Gasteiger partial charge is 0.383 e. The van der Waals surface area contributed by atoms with Crippen LogP contribution >= 0.6 is 0 Å². The molecule has 2 rings (SSSR count). The first-order valence-electron chi connectivity index (χ1n) is 8.40. The quantitative estimate of drug-likeness (QED) is 0.659. The molecule has 2 amide bonds. The first kappa shape index (κ1) is 18.2. The molecule has 0 aromatic heterocycles. The van der Waals surface area contributed by atoms with Crippen molar-refractivity contribution in [3.63, 3.8) is 0 Å². The van der Waals surface area contributed by atoms with Gasteiger partial charge in [-0.15, -0.1) is 0 Å². The molecule has 2 heterocycles. The second kappa shape index (κ2) is 8.08. The lowest BCUT2D eigenvalue weighted by Gasteiger charge is -2.54. The van der Waals surface area contributed by atoms with Gasteiger partial charge >= 0.3 is 0 Å². The normalized spacial score (nSPS) is 23.6. The van der Waals surface area contributed by atoms with Gasteiger partial charge in [-0.2, -0.15) is 0 Å². The number of methoxy groups -OCH3 is 1. The van der Waals surface area contributed by atoms with Gasteiger partial charge in [-0.3, -0.25) is 14.5 Å². The molecule has 2 fully saturated rings. The predicted octanol–water partition coefficient (Wildman–Crippen LogP) is -0.149. The van der Waals surface area contributed by atoms with E-state index < -0.39 is 0 Å². The van der Waals surface area contributed by atoms with Crippen molar-refractivity contribution in [2.45, 2.75) is 37.8 Å². The van der Waals surface area contributed by atoms with Gasteiger partial charge in [0, 0.05) is 26.6 Å². The molecule has 2 aliphatic rings. The van der Waals surface area contributed by atoms with Crippen molar-refractivity contribution in [2.24, 2.45) is 0 Å². The summed E-state index contributed by atoms with van der Waals surface area (Å²) >= 11 is 0. The molecule has 2 saturated heterocycles. The minimum Gasteiger partial charge on any atom is -0.383 e. The van der Waals surface area contributed by atoms with Gasteiger partial charge in [0.25, 0.3) is 0 Å². The molecule has 132 valence electrons. The summed E-state index contributed by atoms with van der Waals surface area (Å²) in [4.78, 5) is 28.0. The fraction of sp³-hybridized carbons (Fsp3) is 0.875. The monoisotopic (exact) mass is 327 g/mol. The summed E-state index contributed by atoms with van der Waals surface area (Å²) in [6, 6.07) is -0.276. The number of amides is 2. The van der Waals surface area contributed by atoms with Crippen LogP contribution < -0.4 is 5.32 Å². The Bertz CT molecular complexity index is 424. The van der Waals surface area contributed by atoms with E-state index in [-0.39, 0.29) is 23.5 Å². The summed E-state index contributed by atoms with van der Waals surface area (Å²) in [5.74, 6) is 0.178. The standard InChI is InChI=1S/C16H29N3O4/c1-4-5-6-14(20)19-11-16(12-19)10-18(2)13(9-23-16)15(21)17-7-8-22-3/h13H,4-12H2,1-3H3,(H,17,21). The third-order valence-corrected chi connectivity index (χ3v) is 4.58. The average Bonchev–Trinajstić information content (AvgIpc) is 2.50. The molecule has 2 aliphatic heterocycles. The lowest BCUT2D eigenvalue weighted by Crippen LogP contribution is -2.73. The maximum absolute atomic E-state index is 12.1. The Morgan fingerprint density at radius 1 is 1.35 bits per heavy atom. The zero-order chi connectivity index (χ0) is 16.9. The molecular formula is C16H29N3O4. The Hall–Kier alpha value is -1.18. The molecule has 1 unspecified atom stereocenters. The zero-order valence-electron chi connectivity index (χ0n) is 14.5. The number of likely N-dealkylation sites (N-methyl/N-ethyl adjacent to an activating group) is 1. The topological polar surface area (TPSA) is 71.1 Å². The van der Waals surface area contributed by atoms with Crippen LogP contribution in [0.3, 0.4) is 0 Å². The summed E-state index contributed by atoms with van der Waals surface area (Å²) in [7, 11) is 3.54. The summed E-state index contributed by atoms with van der Waals surface area (Å²) in [6.07, 6.45) is 2.59. The summed E-state index contributed by atoms with van der Waals surface area (Å²) in [5.41, 5.74) is -0.292. The van der Waals surface area contributed by atoms with Crippen LogP contribution in [-0.2, 0) is 19.1 Å². The smallest absolute Gasteiger partial charge is 0.239 e. The second-order valence-corrected chi connectivity index (χ2v) is 6.56. The van der Waals surface area contributed by atoms with Crippen LogP contribution in [0.1, 0.15) is 26.2 Å². The highest BCUT2D eigenvalue weighted by atomic mass is 16.5. The third-order valence-electron chi connectivity index (χ3n) is 4.58. The minimum atomic E-state index is -0.292. The highest BCUT2D eigenvalue weighted by Gasteiger charge is 2.50. The van der Waals surface area contributed by atoms with Gasteiger partial charge in [-0.25, -0.2) is 0 Å². The maximum Gasteiger partial charge on any atom is 0.239 e. The van der Waals surface area contributed by atoms with Gasteiger partial charge in [0.1, 0.15) is 11.6 Å². The van der Waals surface area contributed by atoms with Gasteiger partial charge in [0.05, 0.1) is 26.3 Å². The van der Waals surface area contributed by atoms with Crippen molar-refractivity contribution in [1.29, 1.82) is 0 Å². The molecule has 1 N–H and O–H groups in total. The number of morpholine rings is 1. The van der Waals surface area contributed by atoms with Crippen LogP contribution in [-0.4, -0.2) is 86.8 Å². The molecule has 0 saturated carbocycles. The molecule has 0 radical (unpaired) electrons. The van der Waals surface area contributed by atoms with Crippen LogP contribution in [0.4, 0.5) is 0 Å². The minimum absolute atomic E-state index is 0.0328. The van der Waals surface area contributed by atoms with Gasteiger partial charge in [-0.1, -0.05) is 13.3 Å². The molecule has 1 atom stereocenters. The van der Waals surface area contributed by atoms with Gasteiger partial charge in [0.2, 0.25) is 11.8 Å². The van der Waals surface area contributed by atoms with Gasteiger partial charge < -0.3 is 19.7 Å². The number of unbranched alkanes of at least 4 members (excludes halogenated alkanes) is 1. The molecule has 1 spiro atoms. The lowest BCUT2D eigenvalue weighted by atomic mass is 9.90. The van der Waals surface area contributed by atoms with Crippen LogP contribution in [0.15, 0.2) is 0 Å². The first-order valence-corrected chi connectivity index (χ1v) is 8.40. The van der Waals surface area contributed by atoms with Crippen molar-refractivity contribution in [2.75, 3.05) is 53.6 Å². The van der Waals surface area contributed by atoms with E-state index in [9.17, 15) is 9.59 Å². The Morgan fingerprint density at radius 2 is 2.09 bits per heavy atom. The SMILES string of the molecule is CCCCC(=O)N1CC2(C1)CN(C)C(C(=O)NCCOC)CO2. The van der Waals surface area contributed by atoms with Crippen LogP contribution in [0, 0.1) is 0 Å². The maximum atomic E-state index is 12.1. The Labute approximate surface area is 138 Å². The summed E-state index contributed by atoms with van der Waals surface area (Å²) in [5, 5.41) is 2.85. The van der Waals surface area contributed by atoms with Crippen molar-refractivity contribution in [1.82, 2.24) is 15.1 Å². The number of hydrogen-bond donors (Lipinski definition) is 1. The van der Waals surface area contributed by atoms with E-state index in [0.717, 1.165) is 12.8 Å². The molecule has 0 aliphatic carbocycles. The number of nitrogens with zero attached hydrogens (tertiary/aromatic N) is 2. The second-order valence-electron chi connectivity index (χ2n) is 6.56. The number of ether oxygens (including phenoxy) is 2. The number of carbonyl (C=O) groups excluding carboxylic acids is 2. The summed E-state index contributed by atoms with van der Waals surface area (Å²) in [6.45, 7) is 5.41. The van der Waals surface area contributed by atoms with Crippen molar-refractivity contribution < 1.29 is 19.1 Å². The highest BCUT2D eigenvalue weighted by molar-refractivity contribution is 5.82. The van der Waals surface area contributed by atoms with Crippen molar-refractivity contribution in [3.8, 4) is 0 Å². The van der Waals surface area contributed by atoms with E-state index >= 15 is 0 Å². The number of likely N-dealkylation sites (tertiary alicyclic amines) is 1. The van der Waals surface area contributed by atoms with Crippen molar-refractivity contribution >= 4 is 11.8 Å².